The fourth-order valence-electron chi connectivity index (χ4n) is 7.61. The Morgan fingerprint density at radius 3 is 1.94 bits per heavy atom. The van der Waals surface area contributed by atoms with Crippen molar-refractivity contribution in [3.63, 3.8) is 0 Å². The lowest BCUT2D eigenvalue weighted by Gasteiger charge is -2.22. The predicted octanol–water partition coefficient (Wildman–Crippen LogP) is 10.4. The summed E-state index contributed by atoms with van der Waals surface area (Å²) in [4.78, 5) is 5.06. The summed E-state index contributed by atoms with van der Waals surface area (Å²) < 4.78 is 2.01. The van der Waals surface area contributed by atoms with Crippen LogP contribution in [0.25, 0.3) is 66.9 Å². The molecule has 242 valence electrons. The van der Waals surface area contributed by atoms with Crippen molar-refractivity contribution in [2.75, 3.05) is 0 Å². The Bertz CT molecular complexity index is 2630. The van der Waals surface area contributed by atoms with Gasteiger partial charge in [-0.15, -0.1) is 0 Å². The fourth-order valence-corrected chi connectivity index (χ4v) is 7.61. The molecule has 7 aromatic carbocycles. The van der Waals surface area contributed by atoms with Crippen LogP contribution < -0.4 is 9.78 Å². The minimum atomic E-state index is -0.171. The maximum absolute atomic E-state index is 9.81. The van der Waals surface area contributed by atoms with Gasteiger partial charge < -0.3 is 4.98 Å². The van der Waals surface area contributed by atoms with Crippen LogP contribution in [-0.4, -0.2) is 4.98 Å². The normalized spacial score (nSPS) is 12.7. The molecular formula is C47H34N4. The van der Waals surface area contributed by atoms with E-state index in [1.807, 2.05) is 41.1 Å². The molecule has 9 rings (SSSR count). The standard InChI is InChI=1S/C47H34N4/c1-47(2)42-15-9-14-39(29-48)44(42)41-25-24-37(28-43(41)47)33-18-16-32(17-19-33)36-22-20-34-21-23-38(27-40(34)26-36)45-49-46(35-12-7-4-8-13-35)51(50-45)30-31-10-5-3-6-11-31/h3-28H,30H2,1-2H3. The zero-order valence-electron chi connectivity index (χ0n) is 28.5. The van der Waals surface area contributed by atoms with Crippen LogP contribution in [0.1, 0.15) is 36.1 Å². The summed E-state index contributed by atoms with van der Waals surface area (Å²) in [6.07, 6.45) is 0. The van der Waals surface area contributed by atoms with Crippen molar-refractivity contribution in [2.24, 2.45) is 0 Å². The van der Waals surface area contributed by atoms with Gasteiger partial charge in [-0.3, -0.25) is 9.78 Å². The van der Waals surface area contributed by atoms with Gasteiger partial charge in [0, 0.05) is 16.5 Å². The van der Waals surface area contributed by atoms with Crippen molar-refractivity contribution >= 4 is 10.8 Å². The molecule has 4 heteroatoms. The van der Waals surface area contributed by atoms with E-state index in [0.717, 1.165) is 50.2 Å². The lowest BCUT2D eigenvalue weighted by Crippen LogP contribution is -2.40. The maximum Gasteiger partial charge on any atom is 0.126 e. The zero-order chi connectivity index (χ0) is 34.5. The van der Waals surface area contributed by atoms with E-state index in [-0.39, 0.29) is 5.41 Å². The summed E-state index contributed by atoms with van der Waals surface area (Å²) in [5.74, 6) is 1.57. The maximum atomic E-state index is 9.81. The minimum absolute atomic E-state index is 0.171. The molecule has 0 N–H and O–H groups in total. The smallest absolute Gasteiger partial charge is 0.126 e. The van der Waals surface area contributed by atoms with Gasteiger partial charge in [-0.1, -0.05) is 147 Å². The van der Waals surface area contributed by atoms with Crippen LogP contribution in [0.5, 0.6) is 0 Å². The van der Waals surface area contributed by atoms with Crippen molar-refractivity contribution in [2.45, 2.75) is 25.8 Å². The molecule has 0 unspecified atom stereocenters. The van der Waals surface area contributed by atoms with Gasteiger partial charge in [0.2, 0.25) is 0 Å². The molecule has 0 radical (unpaired) electrons. The van der Waals surface area contributed by atoms with Crippen LogP contribution in [0.3, 0.4) is 0 Å². The molecule has 51 heavy (non-hydrogen) atoms. The highest BCUT2D eigenvalue weighted by Crippen LogP contribution is 2.50. The third-order valence-corrected chi connectivity index (χ3v) is 10.3. The van der Waals surface area contributed by atoms with Crippen molar-refractivity contribution in [1.82, 2.24) is 10.1 Å². The summed E-state index contributed by atoms with van der Waals surface area (Å²) in [5, 5.41) is 17.2. The minimum Gasteiger partial charge on any atom is -0.397 e. The lowest BCUT2D eigenvalue weighted by atomic mass is 9.81. The molecule has 0 bridgehead atoms. The first kappa shape index (κ1) is 30.5. The summed E-state index contributed by atoms with van der Waals surface area (Å²) in [7, 11) is 0. The van der Waals surface area contributed by atoms with Crippen LogP contribution in [0, 0.1) is 11.3 Å². The SMILES string of the molecule is CC1(C)c2cc(-c3ccc(-c4ccc5ccc(-c6nc(-c7ccccc7)[n+](Cc7ccccc7)[n-]6)cc5c4)cc3)ccc2-c2c(C#N)cccc21. The molecule has 4 nitrogen and oxygen atoms in total. The molecule has 0 saturated carbocycles. The van der Waals surface area contributed by atoms with E-state index in [4.69, 9.17) is 10.1 Å². The Morgan fingerprint density at radius 2 is 1.22 bits per heavy atom. The molecular weight excluding hydrogens is 621 g/mol. The second kappa shape index (κ2) is 12.1. The zero-order valence-corrected chi connectivity index (χ0v) is 28.5. The highest BCUT2D eigenvalue weighted by molar-refractivity contribution is 5.91. The molecule has 0 atom stereocenters. The molecule has 1 aliphatic rings. The average Bonchev–Trinajstić information content (AvgIpc) is 3.70. The van der Waals surface area contributed by atoms with Gasteiger partial charge in [-0.25, -0.2) is 0 Å². The molecule has 1 aromatic heterocycles. The van der Waals surface area contributed by atoms with Crippen LogP contribution in [0.4, 0.5) is 0 Å². The van der Waals surface area contributed by atoms with Crippen LogP contribution >= 0.6 is 0 Å². The van der Waals surface area contributed by atoms with Crippen molar-refractivity contribution < 1.29 is 4.68 Å². The quantitative estimate of drug-likeness (QED) is 0.168. The molecule has 1 heterocycles. The van der Waals surface area contributed by atoms with E-state index in [2.05, 4.69) is 141 Å². The van der Waals surface area contributed by atoms with Crippen molar-refractivity contribution in [1.29, 1.82) is 5.26 Å². The highest BCUT2D eigenvalue weighted by Gasteiger charge is 2.37. The fraction of sp³-hybridized carbons (Fsp3) is 0.0851. The van der Waals surface area contributed by atoms with Crippen LogP contribution in [-0.2, 0) is 12.0 Å². The number of hydrogen-bond donors (Lipinski definition) is 0. The van der Waals surface area contributed by atoms with E-state index in [9.17, 15) is 5.26 Å². The molecule has 0 spiro atoms. The van der Waals surface area contributed by atoms with E-state index < -0.39 is 0 Å². The van der Waals surface area contributed by atoms with Gasteiger partial charge in [0.05, 0.1) is 11.6 Å². The number of benzene rings is 7. The first-order valence-corrected chi connectivity index (χ1v) is 17.3. The predicted molar refractivity (Wildman–Crippen MR) is 205 cm³/mol. The number of aromatic nitrogens is 3. The van der Waals surface area contributed by atoms with Crippen LogP contribution in [0.15, 0.2) is 158 Å². The molecule has 8 aromatic rings. The molecule has 0 amide bonds. The topological polar surface area (TPSA) is 54.7 Å². The number of hydrogen-bond acceptors (Lipinski definition) is 2. The second-order valence-corrected chi connectivity index (χ2v) is 13.8. The monoisotopic (exact) mass is 654 g/mol. The van der Waals surface area contributed by atoms with Crippen LogP contribution in [0.2, 0.25) is 0 Å². The Balaban J connectivity index is 1.03. The molecule has 0 fully saturated rings. The Morgan fingerprint density at radius 1 is 0.588 bits per heavy atom. The van der Waals surface area contributed by atoms with Gasteiger partial charge in [0.25, 0.3) is 0 Å². The first-order valence-electron chi connectivity index (χ1n) is 17.3. The summed E-state index contributed by atoms with van der Waals surface area (Å²) >= 11 is 0. The average molecular weight is 655 g/mol. The van der Waals surface area contributed by atoms with E-state index in [0.29, 0.717) is 12.4 Å². The summed E-state index contributed by atoms with van der Waals surface area (Å²) in [6, 6.07) is 57.8. The van der Waals surface area contributed by atoms with E-state index >= 15 is 0 Å². The third-order valence-electron chi connectivity index (χ3n) is 10.3. The van der Waals surface area contributed by atoms with Crippen molar-refractivity contribution in [3.8, 4) is 62.2 Å². The number of nitrogens with zero attached hydrogens (tertiary/aromatic N) is 4. The van der Waals surface area contributed by atoms with E-state index in [1.54, 1.807) is 0 Å². The van der Waals surface area contributed by atoms with Gasteiger partial charge in [0.15, 0.2) is 0 Å². The number of nitriles is 1. The molecule has 1 aliphatic carbocycles. The Kier molecular flexibility index (Phi) is 7.22. The Labute approximate surface area is 297 Å². The number of rotatable bonds is 6. The van der Waals surface area contributed by atoms with Gasteiger partial charge in [-0.05, 0) is 90.9 Å². The molecule has 0 saturated heterocycles. The molecule has 0 aliphatic heterocycles. The van der Waals surface area contributed by atoms with Gasteiger partial charge in [0.1, 0.15) is 12.4 Å². The third kappa shape index (κ3) is 5.31. The Hall–Kier alpha value is -6.57. The number of fused-ring (bicyclic) bond motifs is 4. The van der Waals surface area contributed by atoms with Gasteiger partial charge in [-0.2, -0.15) is 5.26 Å². The second-order valence-electron chi connectivity index (χ2n) is 13.8. The van der Waals surface area contributed by atoms with Gasteiger partial charge >= 0.3 is 0 Å². The largest absolute Gasteiger partial charge is 0.397 e. The summed E-state index contributed by atoms with van der Waals surface area (Å²) in [5.41, 5.74) is 13.2. The van der Waals surface area contributed by atoms with E-state index in [1.165, 1.54) is 33.2 Å². The first-order chi connectivity index (χ1) is 25.0. The highest BCUT2D eigenvalue weighted by atomic mass is 15.3. The lowest BCUT2D eigenvalue weighted by molar-refractivity contribution is -0.737. The summed E-state index contributed by atoms with van der Waals surface area (Å²) in [6.45, 7) is 5.15. The van der Waals surface area contributed by atoms with Crippen molar-refractivity contribution in [3.05, 3.63) is 180 Å².